The smallest absolute Gasteiger partial charge is 0.412 e. The van der Waals surface area contributed by atoms with Crippen LogP contribution in [0.25, 0.3) is 10.9 Å². The quantitative estimate of drug-likeness (QED) is 0.668. The van der Waals surface area contributed by atoms with Crippen LogP contribution in [-0.4, -0.2) is 23.1 Å². The average Bonchev–Trinajstić information content (AvgIpc) is 2.79. The highest BCUT2D eigenvalue weighted by Gasteiger charge is 2.11. The van der Waals surface area contributed by atoms with Crippen molar-refractivity contribution >= 4 is 22.8 Å². The average molecular weight is 301 g/mol. The molecular weight excluding hydrogens is 278 g/mol. The number of carbonyl (C=O) groups is 1. The molecule has 1 aromatic carbocycles. The van der Waals surface area contributed by atoms with Gasteiger partial charge in [-0.3, -0.25) is 10.7 Å². The van der Waals surface area contributed by atoms with E-state index in [1.807, 2.05) is 32.0 Å². The van der Waals surface area contributed by atoms with Crippen molar-refractivity contribution in [2.75, 3.05) is 6.61 Å². The number of amides is 1. The third-order valence-electron chi connectivity index (χ3n) is 3.49. The van der Waals surface area contributed by atoms with E-state index in [1.54, 1.807) is 0 Å². The fourth-order valence-corrected chi connectivity index (χ4v) is 2.42. The molecule has 5 nitrogen and oxygen atoms in total. The Balaban J connectivity index is 2.16. The number of hydrogen-bond donors (Lipinski definition) is 2. The van der Waals surface area contributed by atoms with E-state index in [1.165, 1.54) is 5.69 Å². The van der Waals surface area contributed by atoms with Crippen LogP contribution in [0.5, 0.6) is 0 Å². The molecule has 1 aromatic heterocycles. The van der Waals surface area contributed by atoms with Crippen molar-refractivity contribution in [1.82, 2.24) is 9.88 Å². The Kier molecular flexibility index (Phi) is 4.85. The standard InChI is InChI=1S/C17H23N3O2/c1-5-20-12(4)8-13-6-7-14(9-15(13)20)16(18)19-17(21)22-10-11(2)3/h6-9,11H,5,10H2,1-4H3,(H2,18,19,21). The van der Waals surface area contributed by atoms with Gasteiger partial charge in [0.15, 0.2) is 0 Å². The maximum Gasteiger partial charge on any atom is 0.412 e. The highest BCUT2D eigenvalue weighted by atomic mass is 16.5. The maximum absolute atomic E-state index is 11.6. The highest BCUT2D eigenvalue weighted by Crippen LogP contribution is 2.21. The Morgan fingerprint density at radius 1 is 1.36 bits per heavy atom. The second-order valence-electron chi connectivity index (χ2n) is 5.80. The van der Waals surface area contributed by atoms with Crippen LogP contribution in [0, 0.1) is 18.3 Å². The van der Waals surface area contributed by atoms with Gasteiger partial charge >= 0.3 is 6.09 Å². The van der Waals surface area contributed by atoms with Crippen LogP contribution >= 0.6 is 0 Å². The molecule has 0 aliphatic heterocycles. The molecule has 5 heteroatoms. The van der Waals surface area contributed by atoms with Gasteiger partial charge in [0.1, 0.15) is 5.84 Å². The Hall–Kier alpha value is -2.30. The summed E-state index contributed by atoms with van der Waals surface area (Å²) in [5, 5.41) is 11.6. The van der Waals surface area contributed by atoms with Crippen LogP contribution in [0.15, 0.2) is 24.3 Å². The lowest BCUT2D eigenvalue weighted by atomic mass is 10.1. The molecule has 0 aliphatic rings. The van der Waals surface area contributed by atoms with Crippen molar-refractivity contribution < 1.29 is 9.53 Å². The van der Waals surface area contributed by atoms with E-state index >= 15 is 0 Å². The summed E-state index contributed by atoms with van der Waals surface area (Å²) >= 11 is 0. The van der Waals surface area contributed by atoms with E-state index in [4.69, 9.17) is 10.1 Å². The van der Waals surface area contributed by atoms with Crippen LogP contribution < -0.4 is 5.32 Å². The molecule has 2 rings (SSSR count). The summed E-state index contributed by atoms with van der Waals surface area (Å²) in [5.41, 5.74) is 2.92. The summed E-state index contributed by atoms with van der Waals surface area (Å²) in [6.07, 6.45) is -0.583. The second kappa shape index (κ2) is 6.64. The predicted octanol–water partition coefficient (Wildman–Crippen LogP) is 3.68. The molecule has 0 bridgehead atoms. The first-order valence-electron chi connectivity index (χ1n) is 7.55. The van der Waals surface area contributed by atoms with E-state index in [-0.39, 0.29) is 11.8 Å². The molecule has 0 spiro atoms. The number of benzene rings is 1. The third kappa shape index (κ3) is 3.47. The number of carbonyl (C=O) groups excluding carboxylic acids is 1. The van der Waals surface area contributed by atoms with Crippen LogP contribution in [0.4, 0.5) is 4.79 Å². The molecule has 22 heavy (non-hydrogen) atoms. The van der Waals surface area contributed by atoms with Crippen molar-refractivity contribution in [3.05, 3.63) is 35.5 Å². The first-order chi connectivity index (χ1) is 10.4. The zero-order chi connectivity index (χ0) is 16.3. The minimum absolute atomic E-state index is 0.0529. The van der Waals surface area contributed by atoms with Gasteiger partial charge in [-0.05, 0) is 37.3 Å². The molecule has 2 aromatic rings. The number of aromatic nitrogens is 1. The van der Waals surface area contributed by atoms with E-state index in [9.17, 15) is 4.79 Å². The van der Waals surface area contributed by atoms with E-state index in [0.29, 0.717) is 12.2 Å². The first-order valence-corrected chi connectivity index (χ1v) is 7.55. The number of ether oxygens (including phenoxy) is 1. The molecule has 0 fully saturated rings. The second-order valence-corrected chi connectivity index (χ2v) is 5.80. The molecule has 0 atom stereocenters. The van der Waals surface area contributed by atoms with Gasteiger partial charge in [-0.25, -0.2) is 4.79 Å². The van der Waals surface area contributed by atoms with Gasteiger partial charge in [0.05, 0.1) is 6.61 Å². The molecular formula is C17H23N3O2. The zero-order valence-electron chi connectivity index (χ0n) is 13.6. The number of rotatable bonds is 4. The summed E-state index contributed by atoms with van der Waals surface area (Å²) < 4.78 is 7.22. The van der Waals surface area contributed by atoms with Gasteiger partial charge in [0, 0.05) is 23.3 Å². The lowest BCUT2D eigenvalue weighted by Crippen LogP contribution is -2.31. The molecule has 1 amide bonds. The normalized spacial score (nSPS) is 11.0. The van der Waals surface area contributed by atoms with Gasteiger partial charge < -0.3 is 9.30 Å². The van der Waals surface area contributed by atoms with Crippen molar-refractivity contribution in [2.45, 2.75) is 34.2 Å². The molecule has 0 saturated carbocycles. The number of amidine groups is 1. The summed E-state index contributed by atoms with van der Waals surface area (Å²) in [4.78, 5) is 11.6. The summed E-state index contributed by atoms with van der Waals surface area (Å²) in [6, 6.07) is 7.86. The predicted molar refractivity (Wildman–Crippen MR) is 88.5 cm³/mol. The van der Waals surface area contributed by atoms with Crippen molar-refractivity contribution in [3.63, 3.8) is 0 Å². The molecule has 0 saturated heterocycles. The Morgan fingerprint density at radius 3 is 2.73 bits per heavy atom. The van der Waals surface area contributed by atoms with Gasteiger partial charge in [-0.15, -0.1) is 0 Å². The monoisotopic (exact) mass is 301 g/mol. The van der Waals surface area contributed by atoms with E-state index in [0.717, 1.165) is 17.4 Å². The van der Waals surface area contributed by atoms with Crippen LogP contribution in [0.1, 0.15) is 32.0 Å². The van der Waals surface area contributed by atoms with Gasteiger partial charge in [-0.1, -0.05) is 26.0 Å². The maximum atomic E-state index is 11.6. The Bertz CT molecular complexity index is 701. The molecule has 2 N–H and O–H groups in total. The molecule has 0 radical (unpaired) electrons. The van der Waals surface area contributed by atoms with Crippen molar-refractivity contribution in [3.8, 4) is 0 Å². The largest absolute Gasteiger partial charge is 0.449 e. The Labute approximate surface area is 130 Å². The molecule has 0 aliphatic carbocycles. The zero-order valence-corrected chi connectivity index (χ0v) is 13.6. The highest BCUT2D eigenvalue weighted by molar-refractivity contribution is 6.06. The van der Waals surface area contributed by atoms with Crippen LogP contribution in [0.3, 0.4) is 0 Å². The van der Waals surface area contributed by atoms with Crippen LogP contribution in [-0.2, 0) is 11.3 Å². The number of nitrogens with zero attached hydrogens (tertiary/aromatic N) is 1. The summed E-state index contributed by atoms with van der Waals surface area (Å²) in [5.74, 6) is 0.323. The molecule has 1 heterocycles. The van der Waals surface area contributed by atoms with Crippen molar-refractivity contribution in [1.29, 1.82) is 5.41 Å². The van der Waals surface area contributed by atoms with Gasteiger partial charge in [-0.2, -0.15) is 0 Å². The number of hydrogen-bond acceptors (Lipinski definition) is 3. The SMILES string of the molecule is CCn1c(C)cc2ccc(C(=N)NC(=O)OCC(C)C)cc21. The van der Waals surface area contributed by atoms with Crippen molar-refractivity contribution in [2.24, 2.45) is 5.92 Å². The topological polar surface area (TPSA) is 67.1 Å². The minimum Gasteiger partial charge on any atom is -0.449 e. The number of nitrogens with one attached hydrogen (secondary N) is 2. The number of fused-ring (bicyclic) bond motifs is 1. The van der Waals surface area contributed by atoms with E-state index in [2.05, 4.69) is 29.8 Å². The molecule has 0 unspecified atom stereocenters. The van der Waals surface area contributed by atoms with Gasteiger partial charge in [0.2, 0.25) is 0 Å². The first kappa shape index (κ1) is 16.1. The fraction of sp³-hybridized carbons (Fsp3) is 0.412. The molecule has 118 valence electrons. The van der Waals surface area contributed by atoms with E-state index < -0.39 is 6.09 Å². The number of alkyl carbamates (subject to hydrolysis) is 1. The fourth-order valence-electron chi connectivity index (χ4n) is 2.42. The van der Waals surface area contributed by atoms with Gasteiger partial charge in [0.25, 0.3) is 0 Å². The number of aryl methyl sites for hydroxylation is 2. The summed E-state index contributed by atoms with van der Waals surface area (Å²) in [6.45, 7) is 9.30. The Morgan fingerprint density at radius 2 is 2.09 bits per heavy atom. The van der Waals surface area contributed by atoms with Crippen LogP contribution in [0.2, 0.25) is 0 Å². The minimum atomic E-state index is -0.583. The summed E-state index contributed by atoms with van der Waals surface area (Å²) in [7, 11) is 0. The lowest BCUT2D eigenvalue weighted by Gasteiger charge is -2.10. The third-order valence-corrected chi connectivity index (χ3v) is 3.49. The lowest BCUT2D eigenvalue weighted by molar-refractivity contribution is 0.138.